The van der Waals surface area contributed by atoms with Gasteiger partial charge in [0.05, 0.1) is 24.9 Å². The number of hydrogen-bond donors (Lipinski definition) is 1. The van der Waals surface area contributed by atoms with Crippen molar-refractivity contribution in [2.45, 2.75) is 45.6 Å². The van der Waals surface area contributed by atoms with Crippen molar-refractivity contribution >= 4 is 11.6 Å². The van der Waals surface area contributed by atoms with Crippen LogP contribution in [0.1, 0.15) is 50.2 Å². The Hall–Kier alpha value is -1.58. The number of rotatable bonds is 4. The lowest BCUT2D eigenvalue weighted by Gasteiger charge is -2.30. The normalized spacial score (nSPS) is 19.5. The summed E-state index contributed by atoms with van der Waals surface area (Å²) in [6, 6.07) is 8.05. The molecule has 0 saturated heterocycles. The highest BCUT2D eigenvalue weighted by Gasteiger charge is 2.37. The van der Waals surface area contributed by atoms with Crippen LogP contribution in [0.15, 0.2) is 30.5 Å². The largest absolute Gasteiger partial charge is 0.481 e. The van der Waals surface area contributed by atoms with Crippen LogP contribution >= 0.6 is 11.6 Å². The van der Waals surface area contributed by atoms with E-state index in [1.807, 2.05) is 12.1 Å². The Morgan fingerprint density at radius 2 is 2.08 bits per heavy atom. The first-order valence-electron chi connectivity index (χ1n) is 8.40. The van der Waals surface area contributed by atoms with E-state index in [2.05, 4.69) is 31.0 Å². The smallest absolute Gasteiger partial charge is 0.213 e. The van der Waals surface area contributed by atoms with Gasteiger partial charge < -0.3 is 9.84 Å². The summed E-state index contributed by atoms with van der Waals surface area (Å²) in [6.45, 7) is 4.71. The molecule has 1 N–H and O–H groups in total. The number of halogens is 1. The Bertz CT molecular complexity index is 742. The van der Waals surface area contributed by atoms with E-state index in [4.69, 9.17) is 16.3 Å². The lowest BCUT2D eigenvalue weighted by molar-refractivity contribution is 0.281. The van der Waals surface area contributed by atoms with Crippen LogP contribution in [0.3, 0.4) is 0 Å². The van der Waals surface area contributed by atoms with Gasteiger partial charge in [-0.05, 0) is 40.9 Å². The molecular formula is C20H24ClNO2. The lowest BCUT2D eigenvalue weighted by atomic mass is 9.75. The number of aliphatic hydroxyl groups excluding tert-OH is 1. The van der Waals surface area contributed by atoms with E-state index in [1.54, 1.807) is 13.3 Å². The number of methoxy groups -OCH3 is 1. The zero-order valence-electron chi connectivity index (χ0n) is 14.5. The Labute approximate surface area is 148 Å². The van der Waals surface area contributed by atoms with Crippen LogP contribution in [0.2, 0.25) is 5.02 Å². The third-order valence-electron chi connectivity index (χ3n) is 5.26. The number of nitrogens with zero attached hydrogens (tertiary/aromatic N) is 1. The molecule has 1 aromatic carbocycles. The van der Waals surface area contributed by atoms with Crippen LogP contribution in [0.4, 0.5) is 0 Å². The molecule has 1 heterocycles. The lowest BCUT2D eigenvalue weighted by Crippen LogP contribution is -2.16. The highest BCUT2D eigenvalue weighted by molar-refractivity contribution is 6.33. The van der Waals surface area contributed by atoms with Gasteiger partial charge in [-0.25, -0.2) is 4.98 Å². The fraction of sp³-hybridized carbons (Fsp3) is 0.450. The van der Waals surface area contributed by atoms with Gasteiger partial charge in [0.1, 0.15) is 0 Å². The molecule has 128 valence electrons. The minimum absolute atomic E-state index is 0.0494. The summed E-state index contributed by atoms with van der Waals surface area (Å²) in [7, 11) is 1.61. The zero-order valence-corrected chi connectivity index (χ0v) is 15.2. The number of benzene rings is 1. The van der Waals surface area contributed by atoms with E-state index in [0.29, 0.717) is 16.8 Å². The highest BCUT2D eigenvalue weighted by atomic mass is 35.5. The first-order valence-corrected chi connectivity index (χ1v) is 8.77. The van der Waals surface area contributed by atoms with Crippen LogP contribution in [-0.2, 0) is 6.61 Å². The number of pyridine rings is 1. The van der Waals surface area contributed by atoms with E-state index < -0.39 is 0 Å². The van der Waals surface area contributed by atoms with Gasteiger partial charge in [0.15, 0.2) is 0 Å². The second-order valence-corrected chi connectivity index (χ2v) is 7.63. The maximum Gasteiger partial charge on any atom is 0.213 e. The summed E-state index contributed by atoms with van der Waals surface area (Å²) in [4.78, 5) is 4.18. The molecule has 1 unspecified atom stereocenters. The van der Waals surface area contributed by atoms with Crippen molar-refractivity contribution in [1.29, 1.82) is 0 Å². The first-order chi connectivity index (χ1) is 11.5. The molecule has 1 saturated carbocycles. The SMILES string of the molecule is COc1cc(-c2ccc(CO)cc2C2CCCC2(C)C)c(Cl)cn1. The van der Waals surface area contributed by atoms with Gasteiger partial charge >= 0.3 is 0 Å². The van der Waals surface area contributed by atoms with E-state index in [-0.39, 0.29) is 12.0 Å². The van der Waals surface area contributed by atoms with Crippen LogP contribution < -0.4 is 4.74 Å². The molecule has 1 aromatic heterocycles. The predicted molar refractivity (Wildman–Crippen MR) is 97.5 cm³/mol. The van der Waals surface area contributed by atoms with Gasteiger partial charge in [-0.3, -0.25) is 0 Å². The molecule has 0 aliphatic heterocycles. The maximum absolute atomic E-state index is 9.58. The molecule has 4 heteroatoms. The van der Waals surface area contributed by atoms with E-state index in [1.165, 1.54) is 18.4 Å². The second-order valence-electron chi connectivity index (χ2n) is 7.22. The van der Waals surface area contributed by atoms with Gasteiger partial charge in [-0.15, -0.1) is 0 Å². The molecule has 3 nitrogen and oxygen atoms in total. The Morgan fingerprint density at radius 1 is 1.29 bits per heavy atom. The molecule has 0 amide bonds. The van der Waals surface area contributed by atoms with E-state index in [0.717, 1.165) is 23.1 Å². The molecule has 1 aliphatic carbocycles. The number of ether oxygens (including phenoxy) is 1. The number of aromatic nitrogens is 1. The third kappa shape index (κ3) is 3.15. The van der Waals surface area contributed by atoms with Crippen molar-refractivity contribution in [2.75, 3.05) is 7.11 Å². The van der Waals surface area contributed by atoms with Gasteiger partial charge in [0.25, 0.3) is 0 Å². The van der Waals surface area contributed by atoms with E-state index in [9.17, 15) is 5.11 Å². The minimum atomic E-state index is 0.0494. The topological polar surface area (TPSA) is 42.4 Å². The summed E-state index contributed by atoms with van der Waals surface area (Å²) < 4.78 is 5.27. The summed E-state index contributed by atoms with van der Waals surface area (Å²) in [6.07, 6.45) is 5.25. The van der Waals surface area contributed by atoms with Crippen molar-refractivity contribution < 1.29 is 9.84 Å². The summed E-state index contributed by atoms with van der Waals surface area (Å²) in [5.41, 5.74) is 4.49. The molecule has 0 radical (unpaired) electrons. The van der Waals surface area contributed by atoms with Gasteiger partial charge in [-0.2, -0.15) is 0 Å². The molecule has 1 aliphatic rings. The number of hydrogen-bond acceptors (Lipinski definition) is 3. The highest BCUT2D eigenvalue weighted by Crippen LogP contribution is 2.51. The molecule has 3 rings (SSSR count). The van der Waals surface area contributed by atoms with E-state index >= 15 is 0 Å². The zero-order chi connectivity index (χ0) is 17.3. The average molecular weight is 346 g/mol. The fourth-order valence-electron chi connectivity index (χ4n) is 3.88. The van der Waals surface area contributed by atoms with Crippen molar-refractivity contribution in [1.82, 2.24) is 4.98 Å². The van der Waals surface area contributed by atoms with Gasteiger partial charge in [0.2, 0.25) is 5.88 Å². The molecule has 0 bridgehead atoms. The molecular weight excluding hydrogens is 322 g/mol. The van der Waals surface area contributed by atoms with Crippen molar-refractivity contribution in [3.8, 4) is 17.0 Å². The monoisotopic (exact) mass is 345 g/mol. The van der Waals surface area contributed by atoms with Gasteiger partial charge in [-0.1, -0.05) is 50.1 Å². The first kappa shape index (κ1) is 17.2. The summed E-state index contributed by atoms with van der Waals surface area (Å²) >= 11 is 6.44. The average Bonchev–Trinajstić information content (AvgIpc) is 2.94. The summed E-state index contributed by atoms with van der Waals surface area (Å²) in [5, 5.41) is 10.2. The molecule has 1 fully saturated rings. The Kier molecular flexibility index (Phi) is 4.84. The Morgan fingerprint density at radius 3 is 2.71 bits per heavy atom. The van der Waals surface area contributed by atoms with Crippen LogP contribution in [0.25, 0.3) is 11.1 Å². The number of aliphatic hydroxyl groups is 1. The van der Waals surface area contributed by atoms with Crippen LogP contribution in [0.5, 0.6) is 5.88 Å². The quantitative estimate of drug-likeness (QED) is 0.828. The molecule has 1 atom stereocenters. The maximum atomic E-state index is 9.58. The standard InChI is InChI=1S/C20H24ClNO2/c1-20(2)8-4-5-17(20)15-9-13(12-23)6-7-14(15)16-10-19(24-3)22-11-18(16)21/h6-7,9-11,17,23H,4-5,8,12H2,1-3H3. The van der Waals surface area contributed by atoms with Crippen molar-refractivity contribution in [3.63, 3.8) is 0 Å². The minimum Gasteiger partial charge on any atom is -0.481 e. The van der Waals surface area contributed by atoms with Gasteiger partial charge in [0, 0.05) is 11.6 Å². The third-order valence-corrected chi connectivity index (χ3v) is 5.56. The second kappa shape index (κ2) is 6.73. The summed E-state index contributed by atoms with van der Waals surface area (Å²) in [5.74, 6) is 1.01. The van der Waals surface area contributed by atoms with Crippen molar-refractivity contribution in [2.24, 2.45) is 5.41 Å². The fourth-order valence-corrected chi connectivity index (χ4v) is 4.09. The van der Waals surface area contributed by atoms with Crippen LogP contribution in [-0.4, -0.2) is 17.2 Å². The molecule has 24 heavy (non-hydrogen) atoms. The predicted octanol–water partition coefficient (Wildman–Crippen LogP) is 5.20. The van der Waals surface area contributed by atoms with Crippen LogP contribution in [0, 0.1) is 5.41 Å². The van der Waals surface area contributed by atoms with Crippen molar-refractivity contribution in [3.05, 3.63) is 46.6 Å². The molecule has 0 spiro atoms. The Balaban J connectivity index is 2.18. The molecule has 2 aromatic rings.